The number of anilines is 1. The maximum absolute atomic E-state index is 12.6. The van der Waals surface area contributed by atoms with Gasteiger partial charge >= 0.3 is 0 Å². The molecule has 0 aliphatic carbocycles. The summed E-state index contributed by atoms with van der Waals surface area (Å²) in [5.41, 5.74) is 4.51. The predicted octanol–water partition coefficient (Wildman–Crippen LogP) is 1.55. The highest BCUT2D eigenvalue weighted by Gasteiger charge is 1.96. The first-order chi connectivity index (χ1) is 5.04. The second-order valence-corrected chi connectivity index (χ2v) is 1.49. The summed E-state index contributed by atoms with van der Waals surface area (Å²) in [4.78, 5) is 0. The van der Waals surface area contributed by atoms with Crippen molar-refractivity contribution < 1.29 is 11.5 Å². The van der Waals surface area contributed by atoms with Crippen LogP contribution in [0.25, 0.3) is 0 Å². The van der Waals surface area contributed by atoms with E-state index in [1.807, 2.05) is 0 Å². The number of hydrogen-bond donors (Lipinski definition) is 1. The Morgan fingerprint density at radius 3 is 2.89 bits per heavy atom. The molecule has 3 heteroatoms. The largest absolute Gasteiger partial charge is 0.396 e. The maximum Gasteiger partial charge on any atom is 0.148 e. The molecule has 1 aromatic rings. The van der Waals surface area contributed by atoms with Gasteiger partial charge in [0, 0.05) is 6.04 Å². The quantitative estimate of drug-likeness (QED) is 0.531. The van der Waals surface area contributed by atoms with Crippen LogP contribution in [0.1, 0.15) is 2.74 Å². The average Bonchev–Trinajstić information content (AvgIpc) is 1.97. The minimum atomic E-state index is -1.17. The standard InChI is InChI=1S/C6H5F2N/c7-4-1-2-6(9)5(8)3-4/h1-3H,9H2/i2D,3D. The molecule has 0 bridgehead atoms. The van der Waals surface area contributed by atoms with Crippen LogP contribution >= 0.6 is 0 Å². The summed E-state index contributed by atoms with van der Waals surface area (Å²) >= 11 is 0. The normalized spacial score (nSPS) is 12.7. The lowest BCUT2D eigenvalue weighted by molar-refractivity contribution is 0.586. The predicted molar refractivity (Wildman–Crippen MR) is 30.8 cm³/mol. The summed E-state index contributed by atoms with van der Waals surface area (Å²) in [5.74, 6) is -2.24. The van der Waals surface area contributed by atoms with E-state index < -0.39 is 29.4 Å². The lowest BCUT2D eigenvalue weighted by Crippen LogP contribution is -1.89. The third kappa shape index (κ3) is 1.16. The first-order valence-electron chi connectivity index (χ1n) is 3.24. The van der Waals surface area contributed by atoms with Crippen LogP contribution in [0.3, 0.4) is 0 Å². The first kappa shape index (κ1) is 3.82. The molecule has 0 saturated heterocycles. The van der Waals surface area contributed by atoms with Gasteiger partial charge in [-0.15, -0.1) is 0 Å². The molecule has 0 aliphatic heterocycles. The molecule has 0 spiro atoms. The Labute approximate surface area is 53.9 Å². The second-order valence-electron chi connectivity index (χ2n) is 1.49. The fourth-order valence-corrected chi connectivity index (χ4v) is 0.413. The van der Waals surface area contributed by atoms with E-state index in [4.69, 9.17) is 8.48 Å². The van der Waals surface area contributed by atoms with Crippen molar-refractivity contribution in [3.05, 3.63) is 29.8 Å². The van der Waals surface area contributed by atoms with Crippen molar-refractivity contribution in [3.63, 3.8) is 0 Å². The molecule has 0 radical (unpaired) electrons. The summed E-state index contributed by atoms with van der Waals surface area (Å²) in [6.07, 6.45) is 0. The van der Waals surface area contributed by atoms with E-state index in [1.165, 1.54) is 0 Å². The van der Waals surface area contributed by atoms with Gasteiger partial charge in [0.1, 0.15) is 11.6 Å². The van der Waals surface area contributed by atoms with E-state index in [0.29, 0.717) is 6.07 Å². The van der Waals surface area contributed by atoms with Gasteiger partial charge in [-0.3, -0.25) is 0 Å². The maximum atomic E-state index is 12.6. The number of hydrogen-bond acceptors (Lipinski definition) is 1. The first-order valence-corrected chi connectivity index (χ1v) is 2.24. The van der Waals surface area contributed by atoms with Gasteiger partial charge in [-0.1, -0.05) is 0 Å². The van der Waals surface area contributed by atoms with E-state index in [1.54, 1.807) is 0 Å². The van der Waals surface area contributed by atoms with E-state index in [-0.39, 0.29) is 0 Å². The summed E-state index contributed by atoms with van der Waals surface area (Å²) in [7, 11) is 0. The molecular formula is C6H5F2N. The van der Waals surface area contributed by atoms with E-state index in [2.05, 4.69) is 0 Å². The third-order valence-corrected chi connectivity index (χ3v) is 0.820. The van der Waals surface area contributed by atoms with Gasteiger partial charge in [-0.05, 0) is 12.1 Å². The highest BCUT2D eigenvalue weighted by Crippen LogP contribution is 2.09. The highest BCUT2D eigenvalue weighted by molar-refractivity contribution is 5.38. The number of nitrogen functional groups attached to an aromatic ring is 1. The van der Waals surface area contributed by atoms with Crippen molar-refractivity contribution in [2.24, 2.45) is 0 Å². The van der Waals surface area contributed by atoms with Crippen molar-refractivity contribution in [1.82, 2.24) is 0 Å². The van der Waals surface area contributed by atoms with Crippen molar-refractivity contribution >= 4 is 5.69 Å². The summed E-state index contributed by atoms with van der Waals surface area (Å²) < 4.78 is 38.7. The molecule has 1 nitrogen and oxygen atoms in total. The third-order valence-electron chi connectivity index (χ3n) is 0.820. The number of benzene rings is 1. The van der Waals surface area contributed by atoms with Crippen LogP contribution in [0.4, 0.5) is 14.5 Å². The zero-order valence-corrected chi connectivity index (χ0v) is 4.41. The lowest BCUT2D eigenvalue weighted by atomic mass is 10.3. The molecule has 1 rings (SSSR count). The van der Waals surface area contributed by atoms with Crippen molar-refractivity contribution in [1.29, 1.82) is 0 Å². The molecule has 9 heavy (non-hydrogen) atoms. The van der Waals surface area contributed by atoms with Crippen molar-refractivity contribution in [3.8, 4) is 0 Å². The van der Waals surface area contributed by atoms with Crippen LogP contribution in [0, 0.1) is 11.6 Å². The molecule has 1 aromatic carbocycles. The van der Waals surface area contributed by atoms with Crippen LogP contribution in [-0.4, -0.2) is 0 Å². The summed E-state index contributed by atoms with van der Waals surface area (Å²) in [6, 6.07) is -0.615. The SMILES string of the molecule is [2H]c1cc(F)c([2H])c(F)c1N. The fraction of sp³-hybridized carbons (Fsp3) is 0. The zero-order valence-electron chi connectivity index (χ0n) is 6.41. The highest BCUT2D eigenvalue weighted by atomic mass is 19.1. The van der Waals surface area contributed by atoms with Gasteiger partial charge in [0.15, 0.2) is 0 Å². The fourth-order valence-electron chi connectivity index (χ4n) is 0.413. The molecule has 0 saturated carbocycles. The van der Waals surface area contributed by atoms with Crippen LogP contribution < -0.4 is 5.73 Å². The molecular weight excluding hydrogens is 124 g/mol. The Kier molecular flexibility index (Phi) is 0.853. The van der Waals surface area contributed by atoms with E-state index >= 15 is 0 Å². The van der Waals surface area contributed by atoms with Crippen LogP contribution in [0.5, 0.6) is 0 Å². The zero-order chi connectivity index (χ0) is 8.59. The molecule has 0 amide bonds. The van der Waals surface area contributed by atoms with E-state index in [0.717, 1.165) is 0 Å². The Morgan fingerprint density at radius 1 is 1.56 bits per heavy atom. The van der Waals surface area contributed by atoms with Gasteiger partial charge in [0.05, 0.1) is 8.43 Å². The van der Waals surface area contributed by atoms with Crippen LogP contribution in [-0.2, 0) is 0 Å². The van der Waals surface area contributed by atoms with Gasteiger partial charge in [0.2, 0.25) is 0 Å². The topological polar surface area (TPSA) is 26.0 Å². The number of halogens is 2. The van der Waals surface area contributed by atoms with Crippen LogP contribution in [0.15, 0.2) is 18.2 Å². The monoisotopic (exact) mass is 131 g/mol. The smallest absolute Gasteiger partial charge is 0.148 e. The van der Waals surface area contributed by atoms with Crippen LogP contribution in [0.2, 0.25) is 0 Å². The molecule has 0 fully saturated rings. The summed E-state index contributed by atoms with van der Waals surface area (Å²) in [5, 5.41) is 0. The minimum Gasteiger partial charge on any atom is -0.396 e. The Hall–Kier alpha value is -1.12. The number of rotatable bonds is 0. The van der Waals surface area contributed by atoms with Gasteiger partial charge < -0.3 is 5.73 Å². The second kappa shape index (κ2) is 2.01. The van der Waals surface area contributed by atoms with E-state index in [9.17, 15) is 8.78 Å². The van der Waals surface area contributed by atoms with Gasteiger partial charge in [-0.25, -0.2) is 8.78 Å². The molecule has 2 N–H and O–H groups in total. The van der Waals surface area contributed by atoms with Gasteiger partial charge in [0.25, 0.3) is 0 Å². The average molecular weight is 131 g/mol. The van der Waals surface area contributed by atoms with Crippen molar-refractivity contribution in [2.75, 3.05) is 5.73 Å². The Morgan fingerprint density at radius 2 is 2.22 bits per heavy atom. The minimum absolute atomic E-state index is 0.434. The Balaban J connectivity index is 3.46. The summed E-state index contributed by atoms with van der Waals surface area (Å²) in [6.45, 7) is 0. The van der Waals surface area contributed by atoms with Crippen molar-refractivity contribution in [2.45, 2.75) is 0 Å². The molecule has 48 valence electrons. The molecule has 0 aromatic heterocycles. The molecule has 0 aliphatic rings. The molecule has 0 unspecified atom stereocenters. The molecule has 0 heterocycles. The van der Waals surface area contributed by atoms with Gasteiger partial charge in [-0.2, -0.15) is 0 Å². The Bertz CT molecular complexity index is 275. The molecule has 0 atom stereocenters. The lowest BCUT2D eigenvalue weighted by Gasteiger charge is -1.92. The number of nitrogens with two attached hydrogens (primary N) is 1.